The molecule has 1 aliphatic rings. The summed E-state index contributed by atoms with van der Waals surface area (Å²) in [5.74, 6) is -1.04. The number of hydrogen-bond acceptors (Lipinski definition) is 6. The van der Waals surface area contributed by atoms with Crippen LogP contribution in [0.1, 0.15) is 39.3 Å². The lowest BCUT2D eigenvalue weighted by Gasteiger charge is -2.13. The molecule has 2 N–H and O–H groups in total. The van der Waals surface area contributed by atoms with Crippen LogP contribution in [0.3, 0.4) is 0 Å². The average Bonchev–Trinajstić information content (AvgIpc) is 3.30. The Morgan fingerprint density at radius 1 is 0.975 bits per heavy atom. The van der Waals surface area contributed by atoms with Gasteiger partial charge in [0.25, 0.3) is 5.91 Å². The molecule has 40 heavy (non-hydrogen) atoms. The molecule has 0 bridgehead atoms. The molecule has 2 amide bonds. The van der Waals surface area contributed by atoms with Crippen LogP contribution in [0, 0.1) is 0 Å². The van der Waals surface area contributed by atoms with Crippen LogP contribution in [0.15, 0.2) is 65.8 Å². The molecule has 5 rings (SSSR count). The van der Waals surface area contributed by atoms with Crippen molar-refractivity contribution in [1.82, 2.24) is 9.97 Å². The number of thiophene rings is 1. The van der Waals surface area contributed by atoms with E-state index in [2.05, 4.69) is 20.6 Å². The zero-order valence-electron chi connectivity index (χ0n) is 20.8. The summed E-state index contributed by atoms with van der Waals surface area (Å²) in [5.41, 5.74) is 1.38. The fourth-order valence-electron chi connectivity index (χ4n) is 4.31. The summed E-state index contributed by atoms with van der Waals surface area (Å²) in [6.07, 6.45) is -1.19. The van der Waals surface area contributed by atoms with Crippen LogP contribution in [0.4, 0.5) is 23.9 Å². The van der Waals surface area contributed by atoms with Gasteiger partial charge in [0.15, 0.2) is 5.16 Å². The van der Waals surface area contributed by atoms with Crippen LogP contribution >= 0.6 is 34.7 Å². The zero-order chi connectivity index (χ0) is 28.3. The molecule has 12 heteroatoms. The molecule has 2 heterocycles. The number of benzene rings is 2. The number of alkyl halides is 3. The number of carbonyl (C=O) groups excluding carboxylic acids is 2. The molecule has 0 saturated carbocycles. The number of aromatic nitrogens is 2. The Labute approximate surface area is 241 Å². The number of amides is 2. The molecule has 0 unspecified atom stereocenters. The zero-order valence-corrected chi connectivity index (χ0v) is 23.2. The Morgan fingerprint density at radius 2 is 1.70 bits per heavy atom. The van der Waals surface area contributed by atoms with E-state index in [1.807, 2.05) is 18.2 Å². The molecule has 206 valence electrons. The summed E-state index contributed by atoms with van der Waals surface area (Å²) in [7, 11) is 0. The van der Waals surface area contributed by atoms with Gasteiger partial charge in [0.2, 0.25) is 5.91 Å². The van der Waals surface area contributed by atoms with E-state index in [1.165, 1.54) is 11.3 Å². The van der Waals surface area contributed by atoms with Gasteiger partial charge in [-0.1, -0.05) is 53.7 Å². The number of fused-ring (bicyclic) bond motifs is 1. The molecule has 2 aromatic carbocycles. The van der Waals surface area contributed by atoms with Gasteiger partial charge in [-0.15, -0.1) is 11.3 Å². The molecular weight excluding hydrogens is 581 g/mol. The highest BCUT2D eigenvalue weighted by Crippen LogP contribution is 2.39. The first kappa shape index (κ1) is 28.1. The van der Waals surface area contributed by atoms with E-state index in [1.54, 1.807) is 36.4 Å². The van der Waals surface area contributed by atoms with Gasteiger partial charge in [-0.2, -0.15) is 13.2 Å². The molecule has 1 aliphatic carbocycles. The first-order valence-corrected chi connectivity index (χ1v) is 14.5. The normalized spacial score (nSPS) is 13.0. The number of carbonyl (C=O) groups is 2. The smallest absolute Gasteiger partial charge is 0.322 e. The third-order valence-electron chi connectivity index (χ3n) is 6.15. The van der Waals surface area contributed by atoms with Gasteiger partial charge in [-0.05, 0) is 61.6 Å². The van der Waals surface area contributed by atoms with Crippen molar-refractivity contribution in [2.45, 2.75) is 37.0 Å². The number of hydrogen-bond donors (Lipinski definition) is 2. The van der Waals surface area contributed by atoms with E-state index in [0.717, 1.165) is 54.0 Å². The van der Waals surface area contributed by atoms with E-state index >= 15 is 0 Å². The first-order valence-electron chi connectivity index (χ1n) is 12.3. The van der Waals surface area contributed by atoms with E-state index in [9.17, 15) is 22.8 Å². The number of rotatable bonds is 7. The Kier molecular flexibility index (Phi) is 8.43. The van der Waals surface area contributed by atoms with Crippen molar-refractivity contribution >= 4 is 57.2 Å². The number of aryl methyl sites for hydroxylation is 1. The number of para-hydroxylation sites is 1. The molecule has 4 aromatic rings. The number of nitrogens with zero attached hydrogens (tertiary/aromatic N) is 2. The molecule has 0 atom stereocenters. The highest BCUT2D eigenvalue weighted by molar-refractivity contribution is 7.99. The molecule has 0 spiro atoms. The minimum Gasteiger partial charge on any atom is -0.322 e. The maximum atomic E-state index is 13.6. The molecular formula is C28H22ClF3N4O2S2. The molecule has 0 aliphatic heterocycles. The predicted molar refractivity (Wildman–Crippen MR) is 152 cm³/mol. The highest BCUT2D eigenvalue weighted by Gasteiger charge is 2.34. The van der Waals surface area contributed by atoms with Crippen LogP contribution < -0.4 is 10.6 Å². The van der Waals surface area contributed by atoms with Crippen molar-refractivity contribution in [1.29, 1.82) is 0 Å². The fraction of sp³-hybridized carbons (Fsp3) is 0.214. The maximum absolute atomic E-state index is 13.6. The number of anilines is 2. The molecule has 6 nitrogen and oxygen atoms in total. The third-order valence-corrected chi connectivity index (χ3v) is 8.46. The van der Waals surface area contributed by atoms with Crippen molar-refractivity contribution in [2.75, 3.05) is 16.4 Å². The van der Waals surface area contributed by atoms with Crippen molar-refractivity contribution in [3.8, 4) is 11.3 Å². The van der Waals surface area contributed by atoms with Crippen molar-refractivity contribution in [3.05, 3.63) is 87.4 Å². The lowest BCUT2D eigenvalue weighted by atomic mass is 9.95. The van der Waals surface area contributed by atoms with Crippen LogP contribution in [-0.4, -0.2) is 27.5 Å². The van der Waals surface area contributed by atoms with Crippen LogP contribution in [0.25, 0.3) is 11.3 Å². The molecule has 0 saturated heterocycles. The Balaban J connectivity index is 1.35. The van der Waals surface area contributed by atoms with Crippen LogP contribution in [-0.2, 0) is 23.8 Å². The van der Waals surface area contributed by atoms with Crippen molar-refractivity contribution < 1.29 is 22.8 Å². The summed E-state index contributed by atoms with van der Waals surface area (Å²) in [5, 5.41) is 6.37. The number of thioether (sulfide) groups is 1. The van der Waals surface area contributed by atoms with E-state index < -0.39 is 17.8 Å². The minimum absolute atomic E-state index is 0.0627. The van der Waals surface area contributed by atoms with Gasteiger partial charge in [-0.25, -0.2) is 9.97 Å². The molecule has 2 aromatic heterocycles. The van der Waals surface area contributed by atoms with E-state index in [4.69, 9.17) is 11.6 Å². The second-order valence-corrected chi connectivity index (χ2v) is 11.5. The van der Waals surface area contributed by atoms with Crippen LogP contribution in [0.5, 0.6) is 0 Å². The molecule has 0 radical (unpaired) electrons. The Morgan fingerprint density at radius 3 is 2.42 bits per heavy atom. The summed E-state index contributed by atoms with van der Waals surface area (Å²) in [6.45, 7) is 0. The second kappa shape index (κ2) is 12.0. The van der Waals surface area contributed by atoms with Crippen molar-refractivity contribution in [3.63, 3.8) is 0 Å². The predicted octanol–water partition coefficient (Wildman–Crippen LogP) is 7.74. The van der Waals surface area contributed by atoms with Gasteiger partial charge in [-0.3, -0.25) is 9.59 Å². The van der Waals surface area contributed by atoms with Gasteiger partial charge >= 0.3 is 6.18 Å². The summed E-state index contributed by atoms with van der Waals surface area (Å²) < 4.78 is 40.7. The maximum Gasteiger partial charge on any atom is 0.433 e. The number of halogens is 4. The summed E-state index contributed by atoms with van der Waals surface area (Å²) in [6, 6.07) is 16.1. The monoisotopic (exact) mass is 602 g/mol. The van der Waals surface area contributed by atoms with E-state index in [0.29, 0.717) is 26.8 Å². The quantitative estimate of drug-likeness (QED) is 0.167. The minimum atomic E-state index is -4.70. The van der Waals surface area contributed by atoms with Gasteiger partial charge < -0.3 is 10.6 Å². The van der Waals surface area contributed by atoms with Gasteiger partial charge in [0.05, 0.1) is 17.0 Å². The second-order valence-electron chi connectivity index (χ2n) is 9.00. The van der Waals surface area contributed by atoms with Crippen molar-refractivity contribution in [2.24, 2.45) is 0 Å². The summed E-state index contributed by atoms with van der Waals surface area (Å²) in [4.78, 5) is 35.1. The average molecular weight is 603 g/mol. The third kappa shape index (κ3) is 6.65. The first-order chi connectivity index (χ1) is 19.2. The highest BCUT2D eigenvalue weighted by atomic mass is 35.5. The lowest BCUT2D eigenvalue weighted by Crippen LogP contribution is -2.19. The van der Waals surface area contributed by atoms with Gasteiger partial charge in [0.1, 0.15) is 10.7 Å². The van der Waals surface area contributed by atoms with E-state index in [-0.39, 0.29) is 22.5 Å². The summed E-state index contributed by atoms with van der Waals surface area (Å²) >= 11 is 8.05. The SMILES string of the molecule is O=C(CSc1nc(-c2ccc(Cl)cc2)cc(C(F)(F)F)n1)Nc1sc2c(c1C(=O)Nc1ccccc1)CCCC2. The van der Waals surface area contributed by atoms with Gasteiger partial charge in [0, 0.05) is 21.2 Å². The number of nitrogens with one attached hydrogen (secondary N) is 2. The topological polar surface area (TPSA) is 84.0 Å². The molecule has 0 fully saturated rings. The fourth-order valence-corrected chi connectivity index (χ4v) is 6.39. The standard InChI is InChI=1S/C28H22ClF3N4O2S2/c29-17-12-10-16(11-13-17)20-14-22(28(30,31)32)35-27(34-20)39-15-23(37)36-26-24(19-8-4-5-9-21(19)40-26)25(38)33-18-6-2-1-3-7-18/h1-3,6-7,10-14H,4-5,8-9,15H2,(H,33,38)(H,36,37). The lowest BCUT2D eigenvalue weighted by molar-refractivity contribution is -0.141. The Hall–Kier alpha value is -3.41. The van der Waals surface area contributed by atoms with Crippen LogP contribution in [0.2, 0.25) is 5.02 Å². The Bertz CT molecular complexity index is 1540. The largest absolute Gasteiger partial charge is 0.433 e.